The summed E-state index contributed by atoms with van der Waals surface area (Å²) in [5, 5.41) is 9.79. The molecule has 2 rings (SSSR count). The molecule has 1 aliphatic heterocycles. The van der Waals surface area contributed by atoms with Crippen molar-refractivity contribution in [2.45, 2.75) is 25.3 Å². The van der Waals surface area contributed by atoms with Crippen molar-refractivity contribution in [3.05, 3.63) is 34.9 Å². The maximum absolute atomic E-state index is 11.0. The molecular weight excluding hydrogens is 238 g/mol. The number of nitrogens with zero attached hydrogens (tertiary/aromatic N) is 1. The van der Waals surface area contributed by atoms with Gasteiger partial charge in [-0.05, 0) is 43.5 Å². The van der Waals surface area contributed by atoms with Gasteiger partial charge in [-0.25, -0.2) is 0 Å². The van der Waals surface area contributed by atoms with Crippen LogP contribution in [0.2, 0.25) is 5.02 Å². The Morgan fingerprint density at radius 3 is 2.76 bits per heavy atom. The third-order valence-corrected chi connectivity index (χ3v) is 3.50. The predicted octanol–water partition coefficient (Wildman–Crippen LogP) is 2.43. The number of aliphatic carboxylic acids is 1. The molecule has 1 saturated heterocycles. The summed E-state index contributed by atoms with van der Waals surface area (Å²) >= 11 is 5.82. The SMILES string of the molecule is O=C(O)[C@H]1CCCN1CCc1ccc(Cl)cc1. The molecule has 0 amide bonds. The first-order valence-corrected chi connectivity index (χ1v) is 6.26. The van der Waals surface area contributed by atoms with Gasteiger partial charge in [0.1, 0.15) is 6.04 Å². The summed E-state index contributed by atoms with van der Waals surface area (Å²) in [5.74, 6) is -0.696. The maximum atomic E-state index is 11.0. The van der Waals surface area contributed by atoms with Crippen molar-refractivity contribution in [1.82, 2.24) is 4.90 Å². The molecule has 1 aromatic carbocycles. The summed E-state index contributed by atoms with van der Waals surface area (Å²) in [5.41, 5.74) is 1.20. The van der Waals surface area contributed by atoms with Crippen LogP contribution in [0.3, 0.4) is 0 Å². The summed E-state index contributed by atoms with van der Waals surface area (Å²) < 4.78 is 0. The topological polar surface area (TPSA) is 40.5 Å². The fourth-order valence-corrected chi connectivity index (χ4v) is 2.42. The number of carbonyl (C=O) groups is 1. The molecule has 1 atom stereocenters. The lowest BCUT2D eigenvalue weighted by molar-refractivity contribution is -0.142. The van der Waals surface area contributed by atoms with Crippen LogP contribution in [0.5, 0.6) is 0 Å². The average Bonchev–Trinajstić information content (AvgIpc) is 2.76. The van der Waals surface area contributed by atoms with Crippen LogP contribution in [0.15, 0.2) is 24.3 Å². The van der Waals surface area contributed by atoms with Gasteiger partial charge in [0, 0.05) is 11.6 Å². The molecule has 1 fully saturated rings. The third-order valence-electron chi connectivity index (χ3n) is 3.25. The quantitative estimate of drug-likeness (QED) is 0.896. The molecule has 0 radical (unpaired) electrons. The molecular formula is C13H16ClNO2. The van der Waals surface area contributed by atoms with Crippen LogP contribution in [-0.4, -0.2) is 35.1 Å². The lowest BCUT2D eigenvalue weighted by Gasteiger charge is -2.20. The van der Waals surface area contributed by atoms with Crippen molar-refractivity contribution in [1.29, 1.82) is 0 Å². The Labute approximate surface area is 106 Å². The number of halogens is 1. The van der Waals surface area contributed by atoms with Gasteiger partial charge in [-0.1, -0.05) is 23.7 Å². The zero-order chi connectivity index (χ0) is 12.3. The summed E-state index contributed by atoms with van der Waals surface area (Å²) in [4.78, 5) is 13.1. The molecule has 3 nitrogen and oxygen atoms in total. The van der Waals surface area contributed by atoms with E-state index in [1.165, 1.54) is 5.56 Å². The van der Waals surface area contributed by atoms with E-state index in [-0.39, 0.29) is 6.04 Å². The lowest BCUT2D eigenvalue weighted by Crippen LogP contribution is -2.37. The van der Waals surface area contributed by atoms with Crippen molar-refractivity contribution < 1.29 is 9.90 Å². The predicted molar refractivity (Wildman–Crippen MR) is 67.4 cm³/mol. The monoisotopic (exact) mass is 253 g/mol. The standard InChI is InChI=1S/C13H16ClNO2/c14-11-5-3-10(4-6-11)7-9-15-8-1-2-12(15)13(16)17/h3-6,12H,1-2,7-9H2,(H,16,17)/t12-/m1/s1. The van der Waals surface area contributed by atoms with Gasteiger partial charge >= 0.3 is 5.97 Å². The van der Waals surface area contributed by atoms with E-state index in [9.17, 15) is 4.79 Å². The smallest absolute Gasteiger partial charge is 0.320 e. The zero-order valence-corrected chi connectivity index (χ0v) is 10.4. The van der Waals surface area contributed by atoms with E-state index >= 15 is 0 Å². The molecule has 0 saturated carbocycles. The van der Waals surface area contributed by atoms with Gasteiger partial charge in [0.2, 0.25) is 0 Å². The van der Waals surface area contributed by atoms with Crippen molar-refractivity contribution >= 4 is 17.6 Å². The maximum Gasteiger partial charge on any atom is 0.320 e. The van der Waals surface area contributed by atoms with E-state index in [0.717, 1.165) is 37.4 Å². The average molecular weight is 254 g/mol. The van der Waals surface area contributed by atoms with Gasteiger partial charge in [-0.3, -0.25) is 9.69 Å². The van der Waals surface area contributed by atoms with Crippen LogP contribution in [0.4, 0.5) is 0 Å². The molecule has 17 heavy (non-hydrogen) atoms. The first-order valence-electron chi connectivity index (χ1n) is 5.88. The highest BCUT2D eigenvalue weighted by molar-refractivity contribution is 6.30. The fraction of sp³-hybridized carbons (Fsp3) is 0.462. The molecule has 1 heterocycles. The molecule has 92 valence electrons. The molecule has 0 unspecified atom stereocenters. The summed E-state index contributed by atoms with van der Waals surface area (Å²) in [7, 11) is 0. The second kappa shape index (κ2) is 5.52. The molecule has 1 aliphatic rings. The number of rotatable bonds is 4. The van der Waals surface area contributed by atoms with Gasteiger partial charge in [0.25, 0.3) is 0 Å². The fourth-order valence-electron chi connectivity index (χ4n) is 2.30. The normalized spacial score (nSPS) is 20.6. The number of carboxylic acids is 1. The minimum Gasteiger partial charge on any atom is -0.480 e. The minimum atomic E-state index is -0.696. The third kappa shape index (κ3) is 3.20. The van der Waals surface area contributed by atoms with Gasteiger partial charge in [-0.15, -0.1) is 0 Å². The Morgan fingerprint density at radius 1 is 1.41 bits per heavy atom. The van der Waals surface area contributed by atoms with Crippen LogP contribution in [0.1, 0.15) is 18.4 Å². The number of hydrogen-bond donors (Lipinski definition) is 1. The summed E-state index contributed by atoms with van der Waals surface area (Å²) in [6.07, 6.45) is 2.63. The Hall–Kier alpha value is -1.06. The van der Waals surface area contributed by atoms with Crippen molar-refractivity contribution in [2.24, 2.45) is 0 Å². The Kier molecular flexibility index (Phi) is 4.02. The first kappa shape index (κ1) is 12.4. The van der Waals surface area contributed by atoms with Crippen molar-refractivity contribution in [2.75, 3.05) is 13.1 Å². The van der Waals surface area contributed by atoms with Crippen LogP contribution >= 0.6 is 11.6 Å². The Bertz CT molecular complexity index is 391. The van der Waals surface area contributed by atoms with Gasteiger partial charge in [0.15, 0.2) is 0 Å². The van der Waals surface area contributed by atoms with Crippen LogP contribution in [0, 0.1) is 0 Å². The first-order chi connectivity index (χ1) is 8.16. The highest BCUT2D eigenvalue weighted by Gasteiger charge is 2.29. The highest BCUT2D eigenvalue weighted by Crippen LogP contribution is 2.18. The van der Waals surface area contributed by atoms with E-state index in [1.807, 2.05) is 24.3 Å². The van der Waals surface area contributed by atoms with Gasteiger partial charge in [0.05, 0.1) is 0 Å². The number of hydrogen-bond acceptors (Lipinski definition) is 2. The Morgan fingerprint density at radius 2 is 2.12 bits per heavy atom. The second-order valence-corrected chi connectivity index (χ2v) is 4.85. The van der Waals surface area contributed by atoms with Gasteiger partial charge in [-0.2, -0.15) is 0 Å². The van der Waals surface area contributed by atoms with E-state index in [1.54, 1.807) is 0 Å². The van der Waals surface area contributed by atoms with Gasteiger partial charge < -0.3 is 5.11 Å². The van der Waals surface area contributed by atoms with E-state index in [4.69, 9.17) is 16.7 Å². The van der Waals surface area contributed by atoms with Crippen LogP contribution in [-0.2, 0) is 11.2 Å². The second-order valence-electron chi connectivity index (χ2n) is 4.41. The van der Waals surface area contributed by atoms with Crippen LogP contribution < -0.4 is 0 Å². The molecule has 0 spiro atoms. The zero-order valence-electron chi connectivity index (χ0n) is 9.60. The van der Waals surface area contributed by atoms with E-state index in [2.05, 4.69) is 4.90 Å². The van der Waals surface area contributed by atoms with Crippen molar-refractivity contribution in [3.63, 3.8) is 0 Å². The van der Waals surface area contributed by atoms with E-state index < -0.39 is 5.97 Å². The molecule has 0 bridgehead atoms. The van der Waals surface area contributed by atoms with E-state index in [0.29, 0.717) is 0 Å². The molecule has 1 N–H and O–H groups in total. The summed E-state index contributed by atoms with van der Waals surface area (Å²) in [6, 6.07) is 7.44. The number of carboxylic acid groups (broad SMARTS) is 1. The molecule has 0 aromatic heterocycles. The van der Waals surface area contributed by atoms with Crippen molar-refractivity contribution in [3.8, 4) is 0 Å². The minimum absolute atomic E-state index is 0.290. The lowest BCUT2D eigenvalue weighted by atomic mass is 10.1. The van der Waals surface area contributed by atoms with Crippen LogP contribution in [0.25, 0.3) is 0 Å². The highest BCUT2D eigenvalue weighted by atomic mass is 35.5. The molecule has 4 heteroatoms. The number of likely N-dealkylation sites (tertiary alicyclic amines) is 1. The Balaban J connectivity index is 1.89. The molecule has 0 aliphatic carbocycles. The largest absolute Gasteiger partial charge is 0.480 e. The summed E-state index contributed by atoms with van der Waals surface area (Å²) in [6.45, 7) is 1.70. The number of benzene rings is 1. The molecule has 1 aromatic rings.